The molecule has 0 bridgehead atoms. The molecule has 0 aliphatic rings. The van der Waals surface area contributed by atoms with Crippen molar-refractivity contribution in [2.24, 2.45) is 5.92 Å². The smallest absolute Gasteiger partial charge is 0.416 e. The summed E-state index contributed by atoms with van der Waals surface area (Å²) < 4.78 is 49.0. The van der Waals surface area contributed by atoms with Crippen molar-refractivity contribution in [3.05, 3.63) is 29.8 Å². The van der Waals surface area contributed by atoms with Gasteiger partial charge in [-0.25, -0.2) is 0 Å². The molecule has 3 nitrogen and oxygen atoms in total. The molecule has 100 valence electrons. The van der Waals surface area contributed by atoms with E-state index in [4.69, 9.17) is 5.11 Å². The fourth-order valence-corrected chi connectivity index (χ4v) is 2.49. The van der Waals surface area contributed by atoms with Gasteiger partial charge in [-0.15, -0.1) is 0 Å². The Bertz CT molecular complexity index is 471. The summed E-state index contributed by atoms with van der Waals surface area (Å²) in [6.45, 7) is 1.36. The van der Waals surface area contributed by atoms with E-state index in [1.54, 1.807) is 0 Å². The Balaban J connectivity index is 2.91. The molecule has 0 amide bonds. The van der Waals surface area contributed by atoms with Crippen LogP contribution >= 0.6 is 0 Å². The summed E-state index contributed by atoms with van der Waals surface area (Å²) in [6.07, 6.45) is -4.50. The molecule has 1 aromatic rings. The number of rotatable bonds is 4. The van der Waals surface area contributed by atoms with E-state index in [0.29, 0.717) is 0 Å². The Kier molecular flexibility index (Phi) is 4.50. The second-order valence-corrected chi connectivity index (χ2v) is 5.27. The van der Waals surface area contributed by atoms with Crippen LogP contribution in [0.1, 0.15) is 12.5 Å². The molecule has 2 atom stereocenters. The normalized spacial score (nSPS) is 15.1. The molecule has 1 rings (SSSR count). The molecule has 1 aromatic carbocycles. The Hall–Kier alpha value is -1.37. The lowest BCUT2D eigenvalue weighted by atomic mass is 10.2. The Morgan fingerprint density at radius 1 is 1.44 bits per heavy atom. The van der Waals surface area contributed by atoms with Gasteiger partial charge in [0.2, 0.25) is 0 Å². The van der Waals surface area contributed by atoms with Crippen molar-refractivity contribution in [3.63, 3.8) is 0 Å². The predicted octanol–water partition coefficient (Wildman–Crippen LogP) is 2.53. The first-order valence-corrected chi connectivity index (χ1v) is 6.32. The van der Waals surface area contributed by atoms with Crippen molar-refractivity contribution >= 4 is 16.8 Å². The molecule has 18 heavy (non-hydrogen) atoms. The maximum atomic E-state index is 12.4. The van der Waals surface area contributed by atoms with Gasteiger partial charge in [-0.05, 0) is 18.2 Å². The van der Waals surface area contributed by atoms with E-state index in [0.717, 1.165) is 18.2 Å². The van der Waals surface area contributed by atoms with Crippen LogP contribution in [-0.2, 0) is 21.8 Å². The lowest BCUT2D eigenvalue weighted by Crippen LogP contribution is -2.17. The molecule has 1 N–H and O–H groups in total. The fourth-order valence-electron chi connectivity index (χ4n) is 1.21. The molecule has 0 aliphatic carbocycles. The molecule has 0 fully saturated rings. The van der Waals surface area contributed by atoms with Crippen LogP contribution in [0.4, 0.5) is 13.2 Å². The van der Waals surface area contributed by atoms with Crippen molar-refractivity contribution in [3.8, 4) is 0 Å². The van der Waals surface area contributed by atoms with E-state index >= 15 is 0 Å². The highest BCUT2D eigenvalue weighted by molar-refractivity contribution is 7.85. The van der Waals surface area contributed by atoms with E-state index in [1.807, 2.05) is 0 Å². The van der Waals surface area contributed by atoms with Gasteiger partial charge in [0.05, 0.1) is 22.3 Å². The second kappa shape index (κ2) is 5.51. The Labute approximate surface area is 104 Å². The van der Waals surface area contributed by atoms with E-state index in [1.165, 1.54) is 13.0 Å². The molecule has 7 heteroatoms. The second-order valence-electron chi connectivity index (χ2n) is 3.78. The number of carbonyl (C=O) groups is 1. The first-order chi connectivity index (χ1) is 8.21. The maximum absolute atomic E-state index is 12.4. The van der Waals surface area contributed by atoms with E-state index in [-0.39, 0.29) is 10.6 Å². The van der Waals surface area contributed by atoms with Crippen molar-refractivity contribution in [1.82, 2.24) is 0 Å². The van der Waals surface area contributed by atoms with E-state index in [2.05, 4.69) is 0 Å². The summed E-state index contributed by atoms with van der Waals surface area (Å²) in [5.74, 6) is -2.22. The Morgan fingerprint density at radius 2 is 2.06 bits per heavy atom. The van der Waals surface area contributed by atoms with Crippen molar-refractivity contribution in [1.29, 1.82) is 0 Å². The van der Waals surface area contributed by atoms with Gasteiger partial charge in [-0.2, -0.15) is 13.2 Å². The number of aliphatic carboxylic acids is 1. The summed E-state index contributed by atoms with van der Waals surface area (Å²) in [6, 6.07) is 4.10. The van der Waals surface area contributed by atoms with Crippen molar-refractivity contribution in [2.75, 3.05) is 5.75 Å². The van der Waals surface area contributed by atoms with Crippen LogP contribution in [0.5, 0.6) is 0 Å². The van der Waals surface area contributed by atoms with Gasteiger partial charge < -0.3 is 5.11 Å². The molecule has 0 radical (unpaired) electrons. The van der Waals surface area contributed by atoms with Crippen molar-refractivity contribution in [2.45, 2.75) is 18.0 Å². The average Bonchev–Trinajstić information content (AvgIpc) is 2.27. The summed E-state index contributed by atoms with van der Waals surface area (Å²) in [5.41, 5.74) is -0.892. The van der Waals surface area contributed by atoms with Crippen LogP contribution in [0.25, 0.3) is 0 Å². The largest absolute Gasteiger partial charge is 0.481 e. The van der Waals surface area contributed by atoms with Gasteiger partial charge in [-0.1, -0.05) is 13.0 Å². The van der Waals surface area contributed by atoms with Crippen LogP contribution in [0.3, 0.4) is 0 Å². The van der Waals surface area contributed by atoms with Gasteiger partial charge in [0.1, 0.15) is 0 Å². The minimum atomic E-state index is -4.50. The molecule has 2 unspecified atom stereocenters. The minimum absolute atomic E-state index is 0.0158. The standard InChI is InChI=1S/C11H11F3O3S/c1-7(10(15)16)6-18(17)9-4-2-3-8(5-9)11(12,13)14/h2-5,7H,6H2,1H3,(H,15,16). The third kappa shape index (κ3) is 3.83. The van der Waals surface area contributed by atoms with Gasteiger partial charge in [0.15, 0.2) is 0 Å². The molecule has 0 aromatic heterocycles. The van der Waals surface area contributed by atoms with Crippen LogP contribution in [0.15, 0.2) is 29.2 Å². The Morgan fingerprint density at radius 3 is 2.56 bits per heavy atom. The summed E-state index contributed by atoms with van der Waals surface area (Å²) in [5, 5.41) is 8.65. The number of benzene rings is 1. The van der Waals surface area contributed by atoms with Crippen LogP contribution in [0.2, 0.25) is 0 Å². The number of carboxylic acid groups (broad SMARTS) is 1. The number of hydrogen-bond acceptors (Lipinski definition) is 2. The molecular formula is C11H11F3O3S. The number of hydrogen-bond donors (Lipinski definition) is 1. The highest BCUT2D eigenvalue weighted by Crippen LogP contribution is 2.30. The molecule has 0 saturated heterocycles. The monoisotopic (exact) mass is 280 g/mol. The summed E-state index contributed by atoms with van der Waals surface area (Å²) >= 11 is 0. The number of alkyl halides is 3. The number of carboxylic acids is 1. The van der Waals surface area contributed by atoms with Gasteiger partial charge >= 0.3 is 12.1 Å². The summed E-state index contributed by atoms with van der Waals surface area (Å²) in [4.78, 5) is 10.6. The highest BCUT2D eigenvalue weighted by atomic mass is 32.2. The summed E-state index contributed by atoms with van der Waals surface area (Å²) in [7, 11) is -1.76. The van der Waals surface area contributed by atoms with Gasteiger partial charge in [-0.3, -0.25) is 9.00 Å². The SMILES string of the molecule is CC(CS(=O)c1cccc(C(F)(F)F)c1)C(=O)O. The lowest BCUT2D eigenvalue weighted by molar-refractivity contribution is -0.140. The van der Waals surface area contributed by atoms with Crippen LogP contribution < -0.4 is 0 Å². The maximum Gasteiger partial charge on any atom is 0.416 e. The highest BCUT2D eigenvalue weighted by Gasteiger charge is 2.31. The average molecular weight is 280 g/mol. The topological polar surface area (TPSA) is 54.4 Å². The zero-order valence-corrected chi connectivity index (χ0v) is 10.2. The fraction of sp³-hybridized carbons (Fsp3) is 0.364. The predicted molar refractivity (Wildman–Crippen MR) is 59.5 cm³/mol. The molecule has 0 heterocycles. The van der Waals surface area contributed by atoms with Crippen LogP contribution in [0, 0.1) is 5.92 Å². The van der Waals surface area contributed by atoms with Crippen LogP contribution in [-0.4, -0.2) is 21.0 Å². The first-order valence-electron chi connectivity index (χ1n) is 5.00. The molecule has 0 aliphatic heterocycles. The zero-order valence-electron chi connectivity index (χ0n) is 9.40. The zero-order chi connectivity index (χ0) is 13.9. The third-order valence-electron chi connectivity index (χ3n) is 2.25. The van der Waals surface area contributed by atoms with E-state index in [9.17, 15) is 22.2 Å². The van der Waals surface area contributed by atoms with Crippen molar-refractivity contribution < 1.29 is 27.3 Å². The quantitative estimate of drug-likeness (QED) is 0.922. The van der Waals surface area contributed by atoms with Gasteiger partial charge in [0, 0.05) is 10.6 Å². The van der Waals surface area contributed by atoms with Gasteiger partial charge in [0.25, 0.3) is 0 Å². The molecule has 0 spiro atoms. The molecular weight excluding hydrogens is 269 g/mol. The third-order valence-corrected chi connectivity index (χ3v) is 3.83. The molecule has 0 saturated carbocycles. The lowest BCUT2D eigenvalue weighted by Gasteiger charge is -2.09. The first kappa shape index (κ1) is 14.7. The van der Waals surface area contributed by atoms with E-state index < -0.39 is 34.4 Å². The number of halogens is 3. The minimum Gasteiger partial charge on any atom is -0.481 e.